The lowest BCUT2D eigenvalue weighted by molar-refractivity contribution is 0.587. The van der Waals surface area contributed by atoms with Gasteiger partial charge in [0.25, 0.3) is 0 Å². The van der Waals surface area contributed by atoms with Gasteiger partial charge < -0.3 is 10.2 Å². The molecule has 0 bridgehead atoms. The van der Waals surface area contributed by atoms with Crippen molar-refractivity contribution in [2.24, 2.45) is 0 Å². The Bertz CT molecular complexity index is 516. The Morgan fingerprint density at radius 3 is 2.56 bits per heavy atom. The quantitative estimate of drug-likeness (QED) is 0.864. The molecule has 0 spiro atoms. The number of hydrogen-bond acceptors (Lipinski definition) is 4. The number of nitrogens with one attached hydrogen (secondary N) is 1. The van der Waals surface area contributed by atoms with Gasteiger partial charge in [-0.05, 0) is 19.2 Å². The van der Waals surface area contributed by atoms with Crippen molar-refractivity contribution in [1.29, 1.82) is 0 Å². The number of anilines is 2. The molecule has 1 N–H and O–H groups in total. The molecule has 0 fully saturated rings. The summed E-state index contributed by atoms with van der Waals surface area (Å²) >= 11 is 0. The third-order valence-electron chi connectivity index (χ3n) is 3.15. The summed E-state index contributed by atoms with van der Waals surface area (Å²) in [5, 5.41) is 2.88. The van der Waals surface area contributed by atoms with Crippen molar-refractivity contribution in [1.82, 2.24) is 5.32 Å². The van der Waals surface area contributed by atoms with E-state index in [-0.39, 0.29) is 5.75 Å². The highest BCUT2D eigenvalue weighted by molar-refractivity contribution is 7.92. The van der Waals surface area contributed by atoms with E-state index >= 15 is 0 Å². The monoisotopic (exact) mass is 269 g/mol. The van der Waals surface area contributed by atoms with Crippen LogP contribution >= 0.6 is 0 Å². The Labute approximate surface area is 108 Å². The Kier molecular flexibility index (Phi) is 3.77. The fraction of sp³-hybridized carbons (Fsp3) is 0.500. The van der Waals surface area contributed by atoms with Crippen molar-refractivity contribution in [3.05, 3.63) is 24.3 Å². The molecule has 1 aromatic rings. The number of hydrogen-bond donors (Lipinski definition) is 1. The number of rotatable bonds is 4. The van der Waals surface area contributed by atoms with E-state index in [9.17, 15) is 8.42 Å². The van der Waals surface area contributed by atoms with Gasteiger partial charge in [-0.15, -0.1) is 0 Å². The Morgan fingerprint density at radius 2 is 1.89 bits per heavy atom. The number of benzene rings is 1. The lowest BCUT2D eigenvalue weighted by Crippen LogP contribution is -2.44. The topological polar surface area (TPSA) is 52.7 Å². The van der Waals surface area contributed by atoms with Crippen LogP contribution in [0, 0.1) is 0 Å². The first kappa shape index (κ1) is 13.2. The van der Waals surface area contributed by atoms with E-state index in [1.165, 1.54) is 4.31 Å². The number of nitrogens with zero attached hydrogens (tertiary/aromatic N) is 2. The van der Waals surface area contributed by atoms with Gasteiger partial charge in [0, 0.05) is 20.1 Å². The van der Waals surface area contributed by atoms with Crippen LogP contribution < -0.4 is 14.5 Å². The van der Waals surface area contributed by atoms with Gasteiger partial charge in [-0.2, -0.15) is 0 Å². The van der Waals surface area contributed by atoms with Crippen LogP contribution in [0.2, 0.25) is 0 Å². The second-order valence-electron chi connectivity index (χ2n) is 4.40. The number of fused-ring (bicyclic) bond motifs is 1. The first-order valence-electron chi connectivity index (χ1n) is 6.01. The molecule has 0 saturated heterocycles. The smallest absolute Gasteiger partial charge is 0.236 e. The van der Waals surface area contributed by atoms with E-state index < -0.39 is 10.0 Å². The van der Waals surface area contributed by atoms with Crippen LogP contribution in [0.3, 0.4) is 0 Å². The molecule has 1 aliphatic rings. The van der Waals surface area contributed by atoms with Gasteiger partial charge in [0.2, 0.25) is 10.0 Å². The van der Waals surface area contributed by atoms with Crippen molar-refractivity contribution in [3.8, 4) is 0 Å². The van der Waals surface area contributed by atoms with Crippen LogP contribution in [0.1, 0.15) is 0 Å². The van der Waals surface area contributed by atoms with Gasteiger partial charge in [-0.1, -0.05) is 12.1 Å². The molecule has 5 nitrogen and oxygen atoms in total. The maximum atomic E-state index is 12.3. The van der Waals surface area contributed by atoms with Gasteiger partial charge in [-0.3, -0.25) is 4.31 Å². The average Bonchev–Trinajstić information content (AvgIpc) is 2.37. The third kappa shape index (κ3) is 2.44. The van der Waals surface area contributed by atoms with Gasteiger partial charge >= 0.3 is 0 Å². The molecule has 1 aliphatic heterocycles. The summed E-state index contributed by atoms with van der Waals surface area (Å²) in [7, 11) is 0.502. The Hall–Kier alpha value is -1.27. The van der Waals surface area contributed by atoms with Crippen LogP contribution in [0.25, 0.3) is 0 Å². The van der Waals surface area contributed by atoms with E-state index in [1.54, 1.807) is 7.05 Å². The molecule has 1 aromatic carbocycles. The van der Waals surface area contributed by atoms with Crippen molar-refractivity contribution >= 4 is 21.4 Å². The molecule has 0 aromatic heterocycles. The average molecular weight is 269 g/mol. The normalized spacial score (nSPS) is 15.7. The molecule has 1 heterocycles. The molecule has 0 radical (unpaired) electrons. The van der Waals surface area contributed by atoms with Crippen LogP contribution in [-0.2, 0) is 10.0 Å². The van der Waals surface area contributed by atoms with Gasteiger partial charge in [0.05, 0.1) is 23.7 Å². The van der Waals surface area contributed by atoms with Crippen molar-refractivity contribution in [3.63, 3.8) is 0 Å². The highest BCUT2D eigenvalue weighted by atomic mass is 32.2. The molecule has 0 atom stereocenters. The molecule has 6 heteroatoms. The lowest BCUT2D eigenvalue weighted by Gasteiger charge is -2.36. The number of para-hydroxylation sites is 2. The number of likely N-dealkylation sites (N-methyl/N-ethyl adjacent to an activating group) is 1. The largest absolute Gasteiger partial charge is 0.371 e. The van der Waals surface area contributed by atoms with Crippen LogP contribution in [-0.4, -0.2) is 47.9 Å². The second kappa shape index (κ2) is 5.16. The molecule has 2 rings (SSSR count). The minimum Gasteiger partial charge on any atom is -0.371 e. The molecule has 18 heavy (non-hydrogen) atoms. The van der Waals surface area contributed by atoms with Crippen LogP contribution in [0.5, 0.6) is 0 Å². The highest BCUT2D eigenvalue weighted by Crippen LogP contribution is 2.33. The Balaban J connectivity index is 2.34. The summed E-state index contributed by atoms with van der Waals surface area (Å²) < 4.78 is 26.1. The zero-order valence-electron chi connectivity index (χ0n) is 10.8. The minimum absolute atomic E-state index is 0.127. The minimum atomic E-state index is -3.24. The van der Waals surface area contributed by atoms with E-state index in [0.29, 0.717) is 13.1 Å². The van der Waals surface area contributed by atoms with Gasteiger partial charge in [-0.25, -0.2) is 8.42 Å². The maximum Gasteiger partial charge on any atom is 0.236 e. The summed E-state index contributed by atoms with van der Waals surface area (Å²) in [5.41, 5.74) is 1.75. The molecule has 0 unspecified atom stereocenters. The molecule has 0 aliphatic carbocycles. The SMILES string of the molecule is CNCCS(=O)(=O)N1CCN(C)c2ccccc21. The summed E-state index contributed by atoms with van der Waals surface area (Å²) in [4.78, 5) is 2.08. The third-order valence-corrected chi connectivity index (χ3v) is 4.92. The standard InChI is InChI=1S/C12H19N3O2S/c1-13-7-10-18(16,17)15-9-8-14(2)11-5-3-4-6-12(11)15/h3-6,13H,7-10H2,1-2H3. The fourth-order valence-corrected chi connectivity index (χ4v) is 3.61. The second-order valence-corrected chi connectivity index (χ2v) is 6.41. The number of sulfonamides is 1. The predicted molar refractivity (Wildman–Crippen MR) is 74.8 cm³/mol. The summed E-state index contributed by atoms with van der Waals surface area (Å²) in [5.74, 6) is 0.127. The molecule has 0 amide bonds. The van der Waals surface area contributed by atoms with E-state index in [2.05, 4.69) is 10.2 Å². The molecular weight excluding hydrogens is 250 g/mol. The van der Waals surface area contributed by atoms with Crippen LogP contribution in [0.15, 0.2) is 24.3 Å². The molecular formula is C12H19N3O2S. The molecule has 0 saturated carbocycles. The lowest BCUT2D eigenvalue weighted by atomic mass is 10.2. The van der Waals surface area contributed by atoms with Gasteiger partial charge in [0.15, 0.2) is 0 Å². The van der Waals surface area contributed by atoms with Crippen molar-refractivity contribution < 1.29 is 8.42 Å². The van der Waals surface area contributed by atoms with Gasteiger partial charge in [0.1, 0.15) is 0 Å². The predicted octanol–water partition coefficient (Wildman–Crippen LogP) is 0.492. The first-order valence-corrected chi connectivity index (χ1v) is 7.62. The van der Waals surface area contributed by atoms with Crippen molar-refractivity contribution in [2.45, 2.75) is 0 Å². The zero-order valence-corrected chi connectivity index (χ0v) is 11.6. The maximum absolute atomic E-state index is 12.3. The van der Waals surface area contributed by atoms with E-state index in [0.717, 1.165) is 17.9 Å². The van der Waals surface area contributed by atoms with Crippen LogP contribution in [0.4, 0.5) is 11.4 Å². The molecule has 100 valence electrons. The summed E-state index contributed by atoms with van der Waals surface area (Å²) in [6.07, 6.45) is 0. The summed E-state index contributed by atoms with van der Waals surface area (Å²) in [6, 6.07) is 7.62. The van der Waals surface area contributed by atoms with E-state index in [1.807, 2.05) is 31.3 Å². The Morgan fingerprint density at radius 1 is 1.22 bits per heavy atom. The summed E-state index contributed by atoms with van der Waals surface area (Å²) in [6.45, 7) is 1.70. The highest BCUT2D eigenvalue weighted by Gasteiger charge is 2.28. The first-order chi connectivity index (χ1) is 8.56. The van der Waals surface area contributed by atoms with Crippen molar-refractivity contribution in [2.75, 3.05) is 48.7 Å². The zero-order chi connectivity index (χ0) is 13.2. The fourth-order valence-electron chi connectivity index (χ4n) is 2.11. The van der Waals surface area contributed by atoms with E-state index in [4.69, 9.17) is 0 Å².